The Hall–Kier alpha value is -3.56. The average molecular weight is 430 g/mol. The summed E-state index contributed by atoms with van der Waals surface area (Å²) in [5, 5.41) is 9.95. The third-order valence-corrected chi connectivity index (χ3v) is 3.65. The van der Waals surface area contributed by atoms with Crippen LogP contribution in [0.25, 0.3) is 11.1 Å². The van der Waals surface area contributed by atoms with E-state index in [1.807, 2.05) is 0 Å². The molecule has 0 heterocycles. The van der Waals surface area contributed by atoms with Crippen LogP contribution in [0.5, 0.6) is 28.7 Å². The highest BCUT2D eigenvalue weighted by molar-refractivity contribution is 5.71. The summed E-state index contributed by atoms with van der Waals surface area (Å²) >= 11 is 0. The maximum Gasteiger partial charge on any atom is 0.573 e. The molecule has 0 saturated heterocycles. The van der Waals surface area contributed by atoms with E-state index in [1.54, 1.807) is 24.3 Å². The van der Waals surface area contributed by atoms with Crippen molar-refractivity contribution in [3.8, 4) is 39.9 Å². The molecule has 0 aliphatic carbocycles. The Kier molecular flexibility index (Phi) is 5.68. The fourth-order valence-electron chi connectivity index (χ4n) is 2.55. The van der Waals surface area contributed by atoms with Gasteiger partial charge in [0, 0.05) is 11.6 Å². The van der Waals surface area contributed by atoms with Gasteiger partial charge in [-0.05, 0) is 35.9 Å². The summed E-state index contributed by atoms with van der Waals surface area (Å²) in [7, 11) is 0. The molecular weight excluding hydrogens is 418 g/mol. The van der Waals surface area contributed by atoms with Gasteiger partial charge in [-0.15, -0.1) is 26.3 Å². The molecule has 158 valence electrons. The molecule has 3 aromatic rings. The molecule has 0 atom stereocenters. The molecule has 0 aromatic heterocycles. The summed E-state index contributed by atoms with van der Waals surface area (Å²) in [6.07, 6.45) is -10.3. The fourth-order valence-corrected chi connectivity index (χ4v) is 2.55. The Bertz CT molecular complexity index is 1030. The minimum Gasteiger partial charge on any atom is -0.507 e. The number of phenols is 1. The number of aromatic hydroxyl groups is 1. The number of halogens is 6. The minimum atomic E-state index is -5.17. The van der Waals surface area contributed by atoms with E-state index >= 15 is 0 Å². The molecule has 0 bridgehead atoms. The number of benzene rings is 3. The van der Waals surface area contributed by atoms with E-state index in [-0.39, 0.29) is 11.5 Å². The molecule has 1 N–H and O–H groups in total. The zero-order valence-corrected chi connectivity index (χ0v) is 14.8. The molecule has 0 amide bonds. The van der Waals surface area contributed by atoms with E-state index in [0.29, 0.717) is 17.2 Å². The van der Waals surface area contributed by atoms with Crippen molar-refractivity contribution in [2.24, 2.45) is 0 Å². The molecule has 0 aliphatic rings. The summed E-state index contributed by atoms with van der Waals surface area (Å²) in [6, 6.07) is 14.5. The maximum atomic E-state index is 12.7. The van der Waals surface area contributed by atoms with Gasteiger partial charge >= 0.3 is 12.7 Å². The number of hydrogen-bond acceptors (Lipinski definition) is 4. The summed E-state index contributed by atoms with van der Waals surface area (Å²) in [5.41, 5.74) is 0.949. The van der Waals surface area contributed by atoms with E-state index in [4.69, 9.17) is 4.74 Å². The van der Waals surface area contributed by atoms with Crippen LogP contribution in [-0.2, 0) is 0 Å². The van der Waals surface area contributed by atoms with Gasteiger partial charge in [-0.2, -0.15) is 0 Å². The van der Waals surface area contributed by atoms with Crippen molar-refractivity contribution in [1.29, 1.82) is 0 Å². The normalized spacial score (nSPS) is 11.8. The summed E-state index contributed by atoms with van der Waals surface area (Å²) < 4.78 is 88.0. The van der Waals surface area contributed by atoms with Gasteiger partial charge < -0.3 is 19.3 Å². The average Bonchev–Trinajstić information content (AvgIpc) is 2.62. The summed E-state index contributed by atoms with van der Waals surface area (Å²) in [6.45, 7) is 0. The van der Waals surface area contributed by atoms with Crippen LogP contribution in [0.2, 0.25) is 0 Å². The lowest BCUT2D eigenvalue weighted by Crippen LogP contribution is -2.19. The first-order valence-corrected chi connectivity index (χ1v) is 8.22. The third-order valence-electron chi connectivity index (χ3n) is 3.65. The van der Waals surface area contributed by atoms with Gasteiger partial charge in [0.1, 0.15) is 17.2 Å². The molecule has 0 radical (unpaired) electrons. The number of rotatable bonds is 5. The van der Waals surface area contributed by atoms with Crippen molar-refractivity contribution < 1.29 is 45.7 Å². The smallest absolute Gasteiger partial charge is 0.507 e. The molecule has 30 heavy (non-hydrogen) atoms. The van der Waals surface area contributed by atoms with Crippen molar-refractivity contribution in [3.63, 3.8) is 0 Å². The highest BCUT2D eigenvalue weighted by Crippen LogP contribution is 2.40. The van der Waals surface area contributed by atoms with Gasteiger partial charge in [-0.1, -0.05) is 30.3 Å². The predicted octanol–water partition coefficient (Wildman–Crippen LogP) is 6.65. The van der Waals surface area contributed by atoms with Crippen molar-refractivity contribution >= 4 is 0 Å². The molecule has 0 saturated carbocycles. The van der Waals surface area contributed by atoms with Crippen molar-refractivity contribution in [2.75, 3.05) is 0 Å². The standard InChI is InChI=1S/C20H12F6O4/c21-19(22,23)29-14-8-9-17(18(11-14)30-20(24,25)26)28-13-5-3-4-12(10-13)15-6-1-2-7-16(15)27/h1-11,27H. The first kappa shape index (κ1) is 21.2. The first-order chi connectivity index (χ1) is 14.0. The maximum absolute atomic E-state index is 12.7. The van der Waals surface area contributed by atoms with Crippen LogP contribution in [0.3, 0.4) is 0 Å². The van der Waals surface area contributed by atoms with Gasteiger partial charge in [0.2, 0.25) is 0 Å². The summed E-state index contributed by atoms with van der Waals surface area (Å²) in [4.78, 5) is 0. The molecule has 3 aromatic carbocycles. The Morgan fingerprint density at radius 2 is 1.33 bits per heavy atom. The highest BCUT2D eigenvalue weighted by Gasteiger charge is 2.35. The van der Waals surface area contributed by atoms with Crippen LogP contribution in [0.15, 0.2) is 66.7 Å². The Labute approximate surface area is 165 Å². The van der Waals surface area contributed by atoms with Gasteiger partial charge in [0.05, 0.1) is 0 Å². The molecule has 4 nitrogen and oxygen atoms in total. The lowest BCUT2D eigenvalue weighted by Gasteiger charge is -2.16. The Morgan fingerprint density at radius 3 is 2.00 bits per heavy atom. The Morgan fingerprint density at radius 1 is 0.633 bits per heavy atom. The quantitative estimate of drug-likeness (QED) is 0.461. The van der Waals surface area contributed by atoms with E-state index in [0.717, 1.165) is 12.1 Å². The summed E-state index contributed by atoms with van der Waals surface area (Å²) in [5.74, 6) is -2.37. The van der Waals surface area contributed by atoms with Crippen LogP contribution < -0.4 is 14.2 Å². The van der Waals surface area contributed by atoms with E-state index < -0.39 is 30.0 Å². The second kappa shape index (κ2) is 8.05. The van der Waals surface area contributed by atoms with Crippen LogP contribution in [0.4, 0.5) is 26.3 Å². The van der Waals surface area contributed by atoms with Crippen LogP contribution in [-0.4, -0.2) is 17.8 Å². The number of hydrogen-bond donors (Lipinski definition) is 1. The van der Waals surface area contributed by atoms with Gasteiger partial charge in [-0.3, -0.25) is 0 Å². The SMILES string of the molecule is Oc1ccccc1-c1cccc(Oc2ccc(OC(F)(F)F)cc2OC(F)(F)F)c1. The van der Waals surface area contributed by atoms with E-state index in [1.165, 1.54) is 24.3 Å². The second-order valence-electron chi connectivity index (χ2n) is 5.85. The van der Waals surface area contributed by atoms with E-state index in [2.05, 4.69) is 9.47 Å². The molecule has 10 heteroatoms. The fraction of sp³-hybridized carbons (Fsp3) is 0.100. The van der Waals surface area contributed by atoms with E-state index in [9.17, 15) is 31.4 Å². The monoisotopic (exact) mass is 430 g/mol. The van der Waals surface area contributed by atoms with Crippen molar-refractivity contribution in [3.05, 3.63) is 66.7 Å². The topological polar surface area (TPSA) is 47.9 Å². The predicted molar refractivity (Wildman–Crippen MR) is 93.4 cm³/mol. The minimum absolute atomic E-state index is 0.0237. The van der Waals surface area contributed by atoms with Crippen molar-refractivity contribution in [2.45, 2.75) is 12.7 Å². The molecule has 0 unspecified atom stereocenters. The van der Waals surface area contributed by atoms with Crippen LogP contribution in [0, 0.1) is 0 Å². The van der Waals surface area contributed by atoms with Crippen LogP contribution in [0.1, 0.15) is 0 Å². The number of alkyl halides is 6. The lowest BCUT2D eigenvalue weighted by molar-refractivity contribution is -0.276. The van der Waals surface area contributed by atoms with Crippen molar-refractivity contribution in [1.82, 2.24) is 0 Å². The zero-order valence-electron chi connectivity index (χ0n) is 14.8. The third kappa shape index (κ3) is 5.72. The molecule has 3 rings (SSSR count). The number of phenolic OH excluding ortho intramolecular Hbond substituents is 1. The largest absolute Gasteiger partial charge is 0.573 e. The zero-order chi connectivity index (χ0) is 21.9. The first-order valence-electron chi connectivity index (χ1n) is 8.22. The Balaban J connectivity index is 1.94. The molecular formula is C20H12F6O4. The highest BCUT2D eigenvalue weighted by atomic mass is 19.4. The van der Waals surface area contributed by atoms with Crippen LogP contribution >= 0.6 is 0 Å². The van der Waals surface area contributed by atoms with Gasteiger partial charge in [-0.25, -0.2) is 0 Å². The van der Waals surface area contributed by atoms with Gasteiger partial charge in [0.25, 0.3) is 0 Å². The molecule has 0 fully saturated rings. The lowest BCUT2D eigenvalue weighted by atomic mass is 10.0. The number of ether oxygens (including phenoxy) is 3. The second-order valence-corrected chi connectivity index (χ2v) is 5.85. The molecule has 0 spiro atoms. The number of para-hydroxylation sites is 1. The van der Waals surface area contributed by atoms with Gasteiger partial charge in [0.15, 0.2) is 11.5 Å². The molecule has 0 aliphatic heterocycles.